The van der Waals surface area contributed by atoms with Crippen molar-refractivity contribution in [1.82, 2.24) is 20.1 Å². The summed E-state index contributed by atoms with van der Waals surface area (Å²) in [5.74, 6) is 0.905. The number of fused-ring (bicyclic) bond motifs is 1. The van der Waals surface area contributed by atoms with Gasteiger partial charge >= 0.3 is 6.03 Å². The van der Waals surface area contributed by atoms with Crippen LogP contribution in [0.5, 0.6) is 11.6 Å². The molecule has 3 heterocycles. The van der Waals surface area contributed by atoms with Crippen molar-refractivity contribution in [2.45, 2.75) is 32.4 Å². The van der Waals surface area contributed by atoms with Gasteiger partial charge in [-0.05, 0) is 86.0 Å². The molecule has 0 aliphatic carbocycles. The Labute approximate surface area is 259 Å². The van der Waals surface area contributed by atoms with E-state index in [2.05, 4.69) is 31.2 Å². The number of urea groups is 1. The van der Waals surface area contributed by atoms with Crippen LogP contribution in [0.15, 0.2) is 85.1 Å². The predicted molar refractivity (Wildman–Crippen MR) is 175 cm³/mol. The molecule has 226 valence electrons. The zero-order chi connectivity index (χ0) is 30.5. The molecule has 0 bridgehead atoms. The summed E-state index contributed by atoms with van der Waals surface area (Å²) in [6.07, 6.45) is 5.21. The van der Waals surface area contributed by atoms with Crippen molar-refractivity contribution in [2.75, 3.05) is 34.3 Å². The highest BCUT2D eigenvalue weighted by atomic mass is 32.2. The minimum absolute atomic E-state index is 0.0866. The summed E-state index contributed by atoms with van der Waals surface area (Å²) >= 11 is 1.54. The van der Waals surface area contributed by atoms with Gasteiger partial charge in [0, 0.05) is 66.1 Å². The van der Waals surface area contributed by atoms with Gasteiger partial charge in [0.15, 0.2) is 0 Å². The molecule has 1 saturated heterocycles. The van der Waals surface area contributed by atoms with E-state index in [1.165, 1.54) is 12.1 Å². The minimum atomic E-state index is -0.378. The Morgan fingerprint density at radius 1 is 1.07 bits per heavy atom. The van der Waals surface area contributed by atoms with Crippen molar-refractivity contribution in [3.8, 4) is 11.6 Å². The molecule has 11 heteroatoms. The van der Waals surface area contributed by atoms with Crippen LogP contribution in [0.1, 0.15) is 24.1 Å². The number of pyridine rings is 1. The number of benzene rings is 3. The quantitative estimate of drug-likeness (QED) is 0.148. The summed E-state index contributed by atoms with van der Waals surface area (Å²) in [6.45, 7) is 4.32. The number of hydrogen-bond donors (Lipinski definition) is 3. The number of hydrogen-bond acceptors (Lipinski definition) is 7. The highest BCUT2D eigenvalue weighted by Gasteiger charge is 2.30. The second-order valence-corrected chi connectivity index (χ2v) is 11.4. The number of halogens is 1. The van der Waals surface area contributed by atoms with Gasteiger partial charge in [0.1, 0.15) is 11.6 Å². The van der Waals surface area contributed by atoms with Crippen LogP contribution >= 0.6 is 11.9 Å². The Balaban J connectivity index is 1.10. The first kappa shape index (κ1) is 29.5. The van der Waals surface area contributed by atoms with Crippen LogP contribution in [0.3, 0.4) is 0 Å². The van der Waals surface area contributed by atoms with E-state index in [4.69, 9.17) is 9.72 Å². The summed E-state index contributed by atoms with van der Waals surface area (Å²) in [5.41, 5.74) is 5.07. The molecule has 0 atom stereocenters. The molecule has 3 aromatic carbocycles. The molecule has 44 heavy (non-hydrogen) atoms. The number of H-pyrrole nitrogens is 1. The molecule has 2 amide bonds. The highest BCUT2D eigenvalue weighted by molar-refractivity contribution is 7.99. The third-order valence-corrected chi connectivity index (χ3v) is 8.22. The fourth-order valence-electron chi connectivity index (χ4n) is 5.52. The maximum Gasteiger partial charge on any atom is 0.326 e. The molecule has 0 radical (unpaired) electrons. The molecule has 0 saturated carbocycles. The third kappa shape index (κ3) is 6.95. The first-order valence-corrected chi connectivity index (χ1v) is 15.7. The highest BCUT2D eigenvalue weighted by Crippen LogP contribution is 2.28. The number of carbonyl (C=O) groups excluding carboxylic acids is 1. The lowest BCUT2D eigenvalue weighted by Gasteiger charge is -2.38. The number of rotatable bonds is 9. The van der Waals surface area contributed by atoms with Gasteiger partial charge in [-0.15, -0.1) is 0 Å². The molecular weight excluding hydrogens is 577 g/mol. The summed E-state index contributed by atoms with van der Waals surface area (Å²) < 4.78 is 23.4. The molecule has 1 aliphatic rings. The molecule has 6 rings (SSSR count). The van der Waals surface area contributed by atoms with Crippen molar-refractivity contribution in [2.24, 2.45) is 0 Å². The Hall–Kier alpha value is -4.61. The predicted octanol–water partition coefficient (Wildman–Crippen LogP) is 7.59. The van der Waals surface area contributed by atoms with E-state index in [1.807, 2.05) is 61.7 Å². The minimum Gasteiger partial charge on any atom is -0.439 e. The SMILES string of the molecule is CSNc1ccc(Oc2ccc(CN3CCC(N(C(=O)Nc4ccc5cn[nH]c5c4)c4cccc(F)c4)CC3)c(C)n2)cc1. The topological polar surface area (TPSA) is 98.4 Å². The number of amides is 2. The number of piperidine rings is 1. The number of nitrogens with zero attached hydrogens (tertiary/aromatic N) is 4. The van der Waals surface area contributed by atoms with E-state index < -0.39 is 0 Å². The average molecular weight is 612 g/mol. The maximum atomic E-state index is 14.3. The first-order chi connectivity index (χ1) is 21.4. The normalized spacial score (nSPS) is 14.0. The molecule has 3 N–H and O–H groups in total. The Bertz CT molecular complexity index is 1740. The number of ether oxygens (including phenoxy) is 1. The lowest BCUT2D eigenvalue weighted by atomic mass is 10.0. The van der Waals surface area contributed by atoms with E-state index in [0.717, 1.165) is 66.1 Å². The van der Waals surface area contributed by atoms with Crippen molar-refractivity contribution in [3.05, 3.63) is 102 Å². The molecule has 9 nitrogen and oxygen atoms in total. The Kier molecular flexibility index (Phi) is 8.94. The first-order valence-electron chi connectivity index (χ1n) is 14.5. The molecule has 2 aromatic heterocycles. The summed E-state index contributed by atoms with van der Waals surface area (Å²) in [4.78, 5) is 22.4. The number of aryl methyl sites for hydroxylation is 1. The lowest BCUT2D eigenvalue weighted by molar-refractivity contribution is 0.199. The number of aromatic amines is 1. The van der Waals surface area contributed by atoms with E-state index in [-0.39, 0.29) is 17.9 Å². The number of likely N-dealkylation sites (tertiary alicyclic amines) is 1. The Morgan fingerprint density at radius 3 is 2.61 bits per heavy atom. The summed E-state index contributed by atoms with van der Waals surface area (Å²) in [7, 11) is 0. The van der Waals surface area contributed by atoms with Crippen LogP contribution in [0, 0.1) is 12.7 Å². The fraction of sp³-hybridized carbons (Fsp3) is 0.242. The molecular formula is C33H34FN7O2S. The largest absolute Gasteiger partial charge is 0.439 e. The van der Waals surface area contributed by atoms with Gasteiger partial charge in [-0.2, -0.15) is 5.10 Å². The number of anilines is 3. The second kappa shape index (κ2) is 13.4. The van der Waals surface area contributed by atoms with Crippen molar-refractivity contribution in [1.29, 1.82) is 0 Å². The monoisotopic (exact) mass is 611 g/mol. The van der Waals surface area contributed by atoms with Gasteiger partial charge in [0.2, 0.25) is 5.88 Å². The smallest absolute Gasteiger partial charge is 0.326 e. The fourth-order valence-corrected chi connectivity index (χ4v) is 5.89. The van der Waals surface area contributed by atoms with E-state index in [1.54, 1.807) is 35.2 Å². The van der Waals surface area contributed by atoms with Crippen LogP contribution in [0.25, 0.3) is 10.9 Å². The van der Waals surface area contributed by atoms with Crippen LogP contribution < -0.4 is 19.7 Å². The molecule has 0 unspecified atom stereocenters. The standard InChI is InChI=1S/C33H34FN7O2S/c1-22-24(7-13-32(36-22)43-30-11-9-26(10-12-30)39-44-2)21-40-16-14-28(15-17-40)41(29-5-3-4-25(34)18-29)33(42)37-27-8-6-23-20-35-38-31(23)19-27/h3-13,18-20,28,39H,14-17,21H2,1-2H3,(H,35,38)(H,37,42). The Morgan fingerprint density at radius 2 is 1.86 bits per heavy atom. The van der Waals surface area contributed by atoms with Gasteiger partial charge in [-0.25, -0.2) is 14.2 Å². The zero-order valence-electron chi connectivity index (χ0n) is 24.6. The van der Waals surface area contributed by atoms with Gasteiger partial charge in [0.05, 0.1) is 11.7 Å². The molecule has 1 fully saturated rings. The number of carbonyl (C=O) groups is 1. The van der Waals surface area contributed by atoms with E-state index in [9.17, 15) is 9.18 Å². The van der Waals surface area contributed by atoms with Crippen molar-refractivity contribution < 1.29 is 13.9 Å². The lowest BCUT2D eigenvalue weighted by Crippen LogP contribution is -2.49. The zero-order valence-corrected chi connectivity index (χ0v) is 25.4. The van der Waals surface area contributed by atoms with E-state index in [0.29, 0.717) is 17.3 Å². The number of nitrogens with one attached hydrogen (secondary N) is 3. The van der Waals surface area contributed by atoms with Crippen LogP contribution in [-0.4, -0.2) is 51.5 Å². The van der Waals surface area contributed by atoms with Gasteiger partial charge in [-0.1, -0.05) is 24.1 Å². The maximum absolute atomic E-state index is 14.3. The van der Waals surface area contributed by atoms with Crippen molar-refractivity contribution >= 4 is 45.9 Å². The average Bonchev–Trinajstić information content (AvgIpc) is 3.49. The van der Waals surface area contributed by atoms with Gasteiger partial charge in [-0.3, -0.25) is 14.9 Å². The van der Waals surface area contributed by atoms with Crippen LogP contribution in [0.4, 0.5) is 26.2 Å². The second-order valence-electron chi connectivity index (χ2n) is 10.8. The summed E-state index contributed by atoms with van der Waals surface area (Å²) in [5, 5.41) is 10.9. The molecule has 1 aliphatic heterocycles. The number of aromatic nitrogens is 3. The van der Waals surface area contributed by atoms with Crippen LogP contribution in [-0.2, 0) is 6.54 Å². The van der Waals surface area contributed by atoms with Crippen molar-refractivity contribution in [3.63, 3.8) is 0 Å². The van der Waals surface area contributed by atoms with Gasteiger partial charge in [0.25, 0.3) is 0 Å². The van der Waals surface area contributed by atoms with Crippen LogP contribution in [0.2, 0.25) is 0 Å². The third-order valence-electron chi connectivity index (χ3n) is 7.78. The molecule has 0 spiro atoms. The molecule has 5 aromatic rings. The summed E-state index contributed by atoms with van der Waals surface area (Å²) in [6, 6.07) is 23.2. The van der Waals surface area contributed by atoms with Gasteiger partial charge < -0.3 is 14.8 Å². The van der Waals surface area contributed by atoms with E-state index >= 15 is 0 Å².